The fraction of sp³-hybridized carbons (Fsp3) is 0.357. The maximum Gasteiger partial charge on any atom is 0.323 e. The van der Waals surface area contributed by atoms with Crippen molar-refractivity contribution in [2.75, 3.05) is 56.7 Å². The van der Waals surface area contributed by atoms with E-state index in [0.29, 0.717) is 18.3 Å². The van der Waals surface area contributed by atoms with E-state index in [4.69, 9.17) is 9.83 Å². The largest absolute Gasteiger partial charge is 0.443 e. The number of carbonyl (C=O) groups is 1. The normalized spacial score (nSPS) is 12.9. The highest BCUT2D eigenvalue weighted by Gasteiger charge is 2.30. The van der Waals surface area contributed by atoms with Crippen LogP contribution < -0.4 is 21.3 Å². The number of para-hydroxylation sites is 1. The Morgan fingerprint density at radius 3 is 2.41 bits per heavy atom. The predicted octanol–water partition coefficient (Wildman–Crippen LogP) is 4.39. The lowest BCUT2D eigenvalue weighted by Gasteiger charge is -2.17. The smallest absolute Gasteiger partial charge is 0.323 e. The minimum absolute atomic E-state index is 0.279. The van der Waals surface area contributed by atoms with Crippen molar-refractivity contribution < 1.29 is 9.21 Å². The predicted molar refractivity (Wildman–Crippen MR) is 150 cm³/mol. The second kappa shape index (κ2) is 12.4. The minimum Gasteiger partial charge on any atom is -0.443 e. The van der Waals surface area contributed by atoms with Crippen LogP contribution in [-0.2, 0) is 19.5 Å². The minimum atomic E-state index is -0.279. The molecule has 9 heteroatoms. The van der Waals surface area contributed by atoms with Gasteiger partial charge in [0.2, 0.25) is 5.88 Å². The number of hydrogen-bond donors (Lipinski definition) is 5. The van der Waals surface area contributed by atoms with Crippen LogP contribution in [0.1, 0.15) is 28.9 Å². The highest BCUT2D eigenvalue weighted by atomic mass is 16.4. The van der Waals surface area contributed by atoms with Gasteiger partial charge in [0.1, 0.15) is 11.6 Å². The molecule has 37 heavy (non-hydrogen) atoms. The third-order valence-electron chi connectivity index (χ3n) is 6.36. The number of carbonyl (C=O) groups excluding carboxylic acids is 1. The summed E-state index contributed by atoms with van der Waals surface area (Å²) in [5, 5.41) is 20.7. The zero-order valence-corrected chi connectivity index (χ0v) is 21.9. The van der Waals surface area contributed by atoms with Crippen LogP contribution in [0.25, 0.3) is 0 Å². The SMILES string of the molecule is CNc1oc2c(c1C(=N)NCCc1ccc(NC(=O)Nc3ccccc3)cc1)CN(CCCN(C)C)C2. The highest BCUT2D eigenvalue weighted by molar-refractivity contribution is 6.02. The van der Waals surface area contributed by atoms with Gasteiger partial charge in [0.15, 0.2) is 0 Å². The van der Waals surface area contributed by atoms with Gasteiger partial charge in [-0.15, -0.1) is 0 Å². The van der Waals surface area contributed by atoms with Gasteiger partial charge < -0.3 is 30.6 Å². The first-order valence-electron chi connectivity index (χ1n) is 12.7. The Morgan fingerprint density at radius 1 is 1.03 bits per heavy atom. The highest BCUT2D eigenvalue weighted by Crippen LogP contribution is 2.34. The van der Waals surface area contributed by atoms with Crippen LogP contribution in [-0.4, -0.2) is 62.4 Å². The number of urea groups is 1. The number of furan rings is 1. The third kappa shape index (κ3) is 7.12. The van der Waals surface area contributed by atoms with E-state index in [-0.39, 0.29) is 6.03 Å². The van der Waals surface area contributed by atoms with E-state index in [2.05, 4.69) is 45.2 Å². The van der Waals surface area contributed by atoms with Crippen LogP contribution in [0.3, 0.4) is 0 Å². The first kappa shape index (κ1) is 26.2. The lowest BCUT2D eigenvalue weighted by molar-refractivity contribution is 0.251. The second-order valence-corrected chi connectivity index (χ2v) is 9.52. The van der Waals surface area contributed by atoms with Crippen molar-refractivity contribution in [3.05, 3.63) is 77.0 Å². The van der Waals surface area contributed by atoms with Crippen molar-refractivity contribution in [1.82, 2.24) is 15.1 Å². The zero-order valence-electron chi connectivity index (χ0n) is 21.9. The Kier molecular flexibility index (Phi) is 8.81. The van der Waals surface area contributed by atoms with Gasteiger partial charge in [0, 0.05) is 43.6 Å². The zero-order chi connectivity index (χ0) is 26.2. The van der Waals surface area contributed by atoms with Gasteiger partial charge in [-0.25, -0.2) is 4.79 Å². The van der Waals surface area contributed by atoms with E-state index in [0.717, 1.165) is 72.8 Å². The average molecular weight is 504 g/mol. The summed E-state index contributed by atoms with van der Waals surface area (Å²) in [4.78, 5) is 16.8. The number of benzene rings is 2. The molecule has 0 fully saturated rings. The lowest BCUT2D eigenvalue weighted by atomic mass is 10.1. The Hall–Kier alpha value is -3.82. The summed E-state index contributed by atoms with van der Waals surface area (Å²) < 4.78 is 6.05. The molecule has 2 heterocycles. The van der Waals surface area contributed by atoms with E-state index in [1.165, 1.54) is 0 Å². The van der Waals surface area contributed by atoms with Gasteiger partial charge in [-0.05, 0) is 63.3 Å². The molecule has 1 aromatic heterocycles. The van der Waals surface area contributed by atoms with E-state index < -0.39 is 0 Å². The van der Waals surface area contributed by atoms with E-state index in [1.807, 2.05) is 61.6 Å². The molecule has 0 aliphatic carbocycles. The summed E-state index contributed by atoms with van der Waals surface area (Å²) in [5.41, 5.74) is 4.52. The molecule has 0 radical (unpaired) electrons. The summed E-state index contributed by atoms with van der Waals surface area (Å²) in [5.74, 6) is 1.98. The molecule has 0 saturated carbocycles. The van der Waals surface area contributed by atoms with Gasteiger partial charge in [0.05, 0.1) is 12.1 Å². The monoisotopic (exact) mass is 503 g/mol. The summed E-state index contributed by atoms with van der Waals surface area (Å²) in [6.45, 7) is 4.28. The first-order valence-corrected chi connectivity index (χ1v) is 12.7. The maximum absolute atomic E-state index is 12.2. The van der Waals surface area contributed by atoms with Crippen LogP contribution in [0, 0.1) is 5.41 Å². The molecule has 9 nitrogen and oxygen atoms in total. The van der Waals surface area contributed by atoms with Crippen LogP contribution in [0.15, 0.2) is 59.0 Å². The van der Waals surface area contributed by atoms with Crippen molar-refractivity contribution in [3.8, 4) is 0 Å². The molecule has 0 spiro atoms. The summed E-state index contributed by atoms with van der Waals surface area (Å²) in [6, 6.07) is 16.8. The van der Waals surface area contributed by atoms with Crippen molar-refractivity contribution >= 4 is 29.1 Å². The van der Waals surface area contributed by atoms with Crippen molar-refractivity contribution in [3.63, 3.8) is 0 Å². The molecule has 3 aromatic rings. The molecular weight excluding hydrogens is 466 g/mol. The second-order valence-electron chi connectivity index (χ2n) is 9.52. The van der Waals surface area contributed by atoms with Gasteiger partial charge in [-0.1, -0.05) is 30.3 Å². The summed E-state index contributed by atoms with van der Waals surface area (Å²) in [7, 11) is 6.01. The van der Waals surface area contributed by atoms with Crippen LogP contribution >= 0.6 is 0 Å². The van der Waals surface area contributed by atoms with E-state index in [1.54, 1.807) is 0 Å². The molecule has 0 bridgehead atoms. The number of rotatable bonds is 11. The molecule has 1 aliphatic heterocycles. The average Bonchev–Trinajstić information content (AvgIpc) is 3.42. The third-order valence-corrected chi connectivity index (χ3v) is 6.36. The molecule has 0 saturated heterocycles. The summed E-state index contributed by atoms with van der Waals surface area (Å²) in [6.07, 6.45) is 1.86. The number of amides is 2. The maximum atomic E-state index is 12.2. The van der Waals surface area contributed by atoms with Gasteiger partial charge >= 0.3 is 6.03 Å². The van der Waals surface area contributed by atoms with Gasteiger partial charge in [-0.2, -0.15) is 0 Å². The molecule has 1 aliphatic rings. The van der Waals surface area contributed by atoms with Crippen LogP contribution in [0.4, 0.5) is 22.1 Å². The summed E-state index contributed by atoms with van der Waals surface area (Å²) >= 11 is 0. The Balaban J connectivity index is 1.26. The fourth-order valence-electron chi connectivity index (χ4n) is 4.49. The van der Waals surface area contributed by atoms with Gasteiger partial charge in [0.25, 0.3) is 0 Å². The molecule has 2 amide bonds. The molecule has 196 valence electrons. The molecule has 4 rings (SSSR count). The fourth-order valence-corrected chi connectivity index (χ4v) is 4.49. The quantitative estimate of drug-likeness (QED) is 0.196. The Bertz CT molecular complexity index is 1190. The van der Waals surface area contributed by atoms with Crippen molar-refractivity contribution in [2.45, 2.75) is 25.9 Å². The number of amidine groups is 1. The van der Waals surface area contributed by atoms with E-state index in [9.17, 15) is 4.79 Å². The Labute approximate surface area is 218 Å². The lowest BCUT2D eigenvalue weighted by Crippen LogP contribution is -2.27. The Morgan fingerprint density at radius 2 is 1.73 bits per heavy atom. The van der Waals surface area contributed by atoms with Gasteiger partial charge in [-0.3, -0.25) is 10.3 Å². The number of fused-ring (bicyclic) bond motifs is 1. The number of hydrogen-bond acceptors (Lipinski definition) is 6. The number of nitrogens with one attached hydrogen (secondary N) is 5. The van der Waals surface area contributed by atoms with Crippen LogP contribution in [0.2, 0.25) is 0 Å². The number of nitrogens with zero attached hydrogens (tertiary/aromatic N) is 2. The standard InChI is InChI=1S/C28H37N7O2/c1-30-27-25(23-18-35(19-24(23)37-27)17-7-16-34(2)3)26(29)31-15-14-20-10-12-22(13-11-20)33-28(36)32-21-8-5-4-6-9-21/h4-6,8-13,30H,7,14-19H2,1-3H3,(H2,29,31)(H2,32,33,36). The molecule has 0 unspecified atom stereocenters. The molecule has 2 aromatic carbocycles. The molecular formula is C28H37N7O2. The van der Waals surface area contributed by atoms with E-state index >= 15 is 0 Å². The topological polar surface area (TPSA) is 109 Å². The first-order chi connectivity index (χ1) is 17.9. The molecule has 0 atom stereocenters. The number of anilines is 3. The molecule has 5 N–H and O–H groups in total. The van der Waals surface area contributed by atoms with Crippen molar-refractivity contribution in [1.29, 1.82) is 5.41 Å². The van der Waals surface area contributed by atoms with Crippen molar-refractivity contribution in [2.24, 2.45) is 0 Å². The van der Waals surface area contributed by atoms with Crippen LogP contribution in [0.5, 0.6) is 0 Å².